The zero-order chi connectivity index (χ0) is 18.5. The smallest absolute Gasteiger partial charge is 0.287 e. The molecular weight excluding hydrogens is 418 g/mol. The molecule has 3 aromatic rings. The first-order chi connectivity index (χ1) is 12.5. The maximum Gasteiger partial charge on any atom is 0.287 e. The summed E-state index contributed by atoms with van der Waals surface area (Å²) >= 11 is 9.46. The molecule has 0 saturated heterocycles. The van der Waals surface area contributed by atoms with Crippen molar-refractivity contribution in [3.63, 3.8) is 0 Å². The summed E-state index contributed by atoms with van der Waals surface area (Å²) < 4.78 is 12.1. The molecule has 2 aromatic carbocycles. The number of benzene rings is 2. The molecule has 26 heavy (non-hydrogen) atoms. The molecular formula is C20H17BrClNO3. The molecule has 0 spiro atoms. The molecule has 1 heterocycles. The van der Waals surface area contributed by atoms with Crippen LogP contribution in [0.15, 0.2) is 69.6 Å². The Labute approximate surface area is 165 Å². The Hall–Kier alpha value is -2.24. The maximum atomic E-state index is 12.3. The van der Waals surface area contributed by atoms with Crippen molar-refractivity contribution in [2.75, 3.05) is 0 Å². The largest absolute Gasteiger partial charge is 0.484 e. The van der Waals surface area contributed by atoms with E-state index in [1.165, 1.54) is 0 Å². The third-order valence-electron chi connectivity index (χ3n) is 3.80. The highest BCUT2D eigenvalue weighted by atomic mass is 79.9. The van der Waals surface area contributed by atoms with E-state index in [0.29, 0.717) is 16.5 Å². The molecule has 3 rings (SSSR count). The highest BCUT2D eigenvalue weighted by molar-refractivity contribution is 9.10. The van der Waals surface area contributed by atoms with Gasteiger partial charge in [0, 0.05) is 4.47 Å². The van der Waals surface area contributed by atoms with Crippen molar-refractivity contribution < 1.29 is 13.9 Å². The number of rotatable bonds is 6. The normalized spacial score (nSPS) is 11.8. The van der Waals surface area contributed by atoms with Crippen molar-refractivity contribution in [2.24, 2.45) is 0 Å². The van der Waals surface area contributed by atoms with E-state index in [1.807, 2.05) is 43.3 Å². The van der Waals surface area contributed by atoms with E-state index in [9.17, 15) is 4.79 Å². The van der Waals surface area contributed by atoms with Gasteiger partial charge in [0.1, 0.15) is 18.1 Å². The number of hydrogen-bond donors (Lipinski definition) is 1. The molecule has 0 saturated carbocycles. The van der Waals surface area contributed by atoms with E-state index in [-0.39, 0.29) is 24.3 Å². The van der Waals surface area contributed by atoms with Gasteiger partial charge in [-0.05, 0) is 42.8 Å². The average Bonchev–Trinajstić information content (AvgIpc) is 3.11. The Bertz CT molecular complexity index is 895. The molecule has 1 aromatic heterocycles. The van der Waals surface area contributed by atoms with Gasteiger partial charge in [-0.3, -0.25) is 4.79 Å². The van der Waals surface area contributed by atoms with E-state index < -0.39 is 0 Å². The molecule has 1 amide bonds. The summed E-state index contributed by atoms with van der Waals surface area (Å²) in [6.07, 6.45) is 0. The quantitative estimate of drug-likeness (QED) is 0.536. The Morgan fingerprint density at radius 1 is 1.19 bits per heavy atom. The van der Waals surface area contributed by atoms with Gasteiger partial charge >= 0.3 is 0 Å². The lowest BCUT2D eigenvalue weighted by atomic mass is 10.1. The number of ether oxygens (including phenoxy) is 1. The second-order valence-electron chi connectivity index (χ2n) is 5.74. The van der Waals surface area contributed by atoms with Gasteiger partial charge in [-0.1, -0.05) is 57.9 Å². The van der Waals surface area contributed by atoms with E-state index in [4.69, 9.17) is 20.8 Å². The minimum Gasteiger partial charge on any atom is -0.484 e. The zero-order valence-corrected chi connectivity index (χ0v) is 16.4. The Balaban J connectivity index is 1.59. The Morgan fingerprint density at radius 2 is 1.96 bits per heavy atom. The van der Waals surface area contributed by atoms with Crippen LogP contribution < -0.4 is 10.1 Å². The van der Waals surface area contributed by atoms with Gasteiger partial charge in [-0.15, -0.1) is 0 Å². The van der Waals surface area contributed by atoms with Crippen molar-refractivity contribution in [3.8, 4) is 5.75 Å². The molecule has 0 aliphatic rings. The van der Waals surface area contributed by atoms with Crippen LogP contribution in [-0.4, -0.2) is 5.91 Å². The van der Waals surface area contributed by atoms with Crippen molar-refractivity contribution in [1.82, 2.24) is 5.32 Å². The molecule has 134 valence electrons. The Morgan fingerprint density at radius 3 is 2.69 bits per heavy atom. The van der Waals surface area contributed by atoms with Crippen LogP contribution in [0, 0.1) is 0 Å². The molecule has 1 unspecified atom stereocenters. The van der Waals surface area contributed by atoms with Gasteiger partial charge in [0.25, 0.3) is 5.91 Å². The SMILES string of the molecule is CC(NC(=O)c1ccc(COc2ccc(Br)cc2Cl)o1)c1ccccc1. The minimum atomic E-state index is -0.269. The topological polar surface area (TPSA) is 51.5 Å². The fourth-order valence-electron chi connectivity index (χ4n) is 2.41. The first-order valence-corrected chi connectivity index (χ1v) is 9.22. The summed E-state index contributed by atoms with van der Waals surface area (Å²) in [7, 11) is 0. The second kappa shape index (κ2) is 8.43. The van der Waals surface area contributed by atoms with Crippen LogP contribution in [0.3, 0.4) is 0 Å². The molecule has 0 bridgehead atoms. The summed E-state index contributed by atoms with van der Waals surface area (Å²) in [4.78, 5) is 12.3. The molecule has 0 fully saturated rings. The van der Waals surface area contributed by atoms with Crippen LogP contribution in [0.5, 0.6) is 5.75 Å². The third kappa shape index (κ3) is 4.68. The van der Waals surface area contributed by atoms with Crippen LogP contribution >= 0.6 is 27.5 Å². The zero-order valence-electron chi connectivity index (χ0n) is 14.0. The molecule has 0 aliphatic heterocycles. The highest BCUT2D eigenvalue weighted by Crippen LogP contribution is 2.28. The number of carbonyl (C=O) groups excluding carboxylic acids is 1. The fourth-order valence-corrected chi connectivity index (χ4v) is 3.14. The highest BCUT2D eigenvalue weighted by Gasteiger charge is 2.15. The Kier molecular flexibility index (Phi) is 6.01. The maximum absolute atomic E-state index is 12.3. The summed E-state index contributed by atoms with van der Waals surface area (Å²) in [5.41, 5.74) is 1.03. The number of nitrogens with one attached hydrogen (secondary N) is 1. The van der Waals surface area contributed by atoms with Gasteiger partial charge in [0.05, 0.1) is 11.1 Å². The lowest BCUT2D eigenvalue weighted by Crippen LogP contribution is -2.26. The molecule has 4 nitrogen and oxygen atoms in total. The van der Waals surface area contributed by atoms with Gasteiger partial charge < -0.3 is 14.5 Å². The van der Waals surface area contributed by atoms with E-state index >= 15 is 0 Å². The monoisotopic (exact) mass is 433 g/mol. The van der Waals surface area contributed by atoms with Gasteiger partial charge in [-0.2, -0.15) is 0 Å². The molecule has 1 atom stereocenters. The predicted molar refractivity (Wildman–Crippen MR) is 105 cm³/mol. The average molecular weight is 435 g/mol. The standard InChI is InChI=1S/C20H17BrClNO3/c1-13(14-5-3-2-4-6-14)23-20(24)19-10-8-16(26-19)12-25-18-9-7-15(21)11-17(18)22/h2-11,13H,12H2,1H3,(H,23,24). The number of halogens is 2. The van der Waals surface area contributed by atoms with Crippen molar-refractivity contribution in [1.29, 1.82) is 0 Å². The van der Waals surface area contributed by atoms with Gasteiger partial charge in [-0.25, -0.2) is 0 Å². The fraction of sp³-hybridized carbons (Fsp3) is 0.150. The van der Waals surface area contributed by atoms with Crippen molar-refractivity contribution in [2.45, 2.75) is 19.6 Å². The van der Waals surface area contributed by atoms with E-state index in [0.717, 1.165) is 10.0 Å². The number of amides is 1. The first kappa shape index (κ1) is 18.5. The van der Waals surface area contributed by atoms with Crippen LogP contribution in [0.1, 0.15) is 34.8 Å². The van der Waals surface area contributed by atoms with E-state index in [1.54, 1.807) is 24.3 Å². The summed E-state index contributed by atoms with van der Waals surface area (Å²) in [6, 6.07) is 18.3. The lowest BCUT2D eigenvalue weighted by Gasteiger charge is -2.13. The minimum absolute atomic E-state index is 0.116. The van der Waals surface area contributed by atoms with Crippen LogP contribution in [-0.2, 0) is 6.61 Å². The third-order valence-corrected chi connectivity index (χ3v) is 4.59. The first-order valence-electron chi connectivity index (χ1n) is 8.05. The molecule has 0 radical (unpaired) electrons. The van der Waals surface area contributed by atoms with Crippen molar-refractivity contribution >= 4 is 33.4 Å². The van der Waals surface area contributed by atoms with E-state index in [2.05, 4.69) is 21.2 Å². The van der Waals surface area contributed by atoms with Crippen LogP contribution in [0.2, 0.25) is 5.02 Å². The predicted octanol–water partition coefficient (Wildman–Crippen LogP) is 5.77. The van der Waals surface area contributed by atoms with Gasteiger partial charge in [0.2, 0.25) is 0 Å². The van der Waals surface area contributed by atoms with Crippen molar-refractivity contribution in [3.05, 3.63) is 87.2 Å². The molecule has 6 heteroatoms. The summed E-state index contributed by atoms with van der Waals surface area (Å²) in [5, 5.41) is 3.42. The molecule has 1 N–H and O–H groups in total. The second-order valence-corrected chi connectivity index (χ2v) is 7.06. The van der Waals surface area contributed by atoms with Crippen LogP contribution in [0.25, 0.3) is 0 Å². The number of furan rings is 1. The number of hydrogen-bond acceptors (Lipinski definition) is 3. The summed E-state index contributed by atoms with van der Waals surface area (Å²) in [5.74, 6) is 1.07. The lowest BCUT2D eigenvalue weighted by molar-refractivity contribution is 0.0907. The summed E-state index contributed by atoms with van der Waals surface area (Å²) in [6.45, 7) is 2.11. The molecule has 0 aliphatic carbocycles. The van der Waals surface area contributed by atoms with Crippen LogP contribution in [0.4, 0.5) is 0 Å². The van der Waals surface area contributed by atoms with Gasteiger partial charge in [0.15, 0.2) is 5.76 Å². The number of carbonyl (C=O) groups is 1.